The molecule has 0 spiro atoms. The number of hydrogen-bond donors (Lipinski definition) is 1. The van der Waals surface area contributed by atoms with E-state index in [2.05, 4.69) is 59.4 Å². The number of aryl methyl sites for hydroxylation is 2. The van der Waals surface area contributed by atoms with E-state index in [1.165, 1.54) is 16.7 Å². The van der Waals surface area contributed by atoms with Crippen LogP contribution in [-0.4, -0.2) is 17.5 Å². The van der Waals surface area contributed by atoms with Crippen LogP contribution < -0.4 is 0 Å². The number of aliphatic hydroxyl groups is 1. The van der Waals surface area contributed by atoms with Gasteiger partial charge in [-0.1, -0.05) is 88.7 Å². The van der Waals surface area contributed by atoms with Crippen molar-refractivity contribution in [2.45, 2.75) is 79.6 Å². The van der Waals surface area contributed by atoms with Crippen LogP contribution in [0.4, 0.5) is 0 Å². The lowest BCUT2D eigenvalue weighted by Gasteiger charge is -2.25. The molecule has 0 aliphatic rings. The topological polar surface area (TPSA) is 37.3 Å². The Balaban J connectivity index is 2.20. The van der Waals surface area contributed by atoms with Crippen LogP contribution in [0.3, 0.4) is 0 Å². The quantitative estimate of drug-likeness (QED) is 0.343. The predicted octanol–water partition coefficient (Wildman–Crippen LogP) is 7.66. The number of hydrogen-bond acceptors (Lipinski definition) is 2. The van der Waals surface area contributed by atoms with Gasteiger partial charge in [0.1, 0.15) is 5.78 Å². The molecule has 0 saturated heterocycles. The number of carbonyl (C=O) groups excluding carboxylic acids is 1. The van der Waals surface area contributed by atoms with Gasteiger partial charge in [0.15, 0.2) is 0 Å². The van der Waals surface area contributed by atoms with Crippen LogP contribution in [0, 0.1) is 18.3 Å². The summed E-state index contributed by atoms with van der Waals surface area (Å²) in [7, 11) is 0. The van der Waals surface area contributed by atoms with Crippen LogP contribution in [-0.2, 0) is 24.1 Å². The van der Waals surface area contributed by atoms with Crippen molar-refractivity contribution in [1.29, 1.82) is 0 Å². The molecule has 2 aromatic carbocycles. The molecule has 0 saturated carbocycles. The lowest BCUT2D eigenvalue weighted by atomic mass is 9.81. The third-order valence-corrected chi connectivity index (χ3v) is 6.83. The van der Waals surface area contributed by atoms with E-state index in [1.54, 1.807) is 0 Å². The average Bonchev–Trinajstić information content (AvgIpc) is 2.72. The molecule has 2 aromatic rings. The average molecular weight is 469 g/mol. The van der Waals surface area contributed by atoms with Gasteiger partial charge >= 0.3 is 0 Å². The van der Waals surface area contributed by atoms with Gasteiger partial charge in [0.2, 0.25) is 0 Å². The third kappa shape index (κ3) is 8.12. The van der Waals surface area contributed by atoms with Gasteiger partial charge in [-0.3, -0.25) is 4.79 Å². The van der Waals surface area contributed by atoms with E-state index in [-0.39, 0.29) is 30.1 Å². The summed E-state index contributed by atoms with van der Waals surface area (Å²) in [5.41, 5.74) is 6.94. The Labute approximate surface area is 206 Å². The fourth-order valence-corrected chi connectivity index (χ4v) is 4.61. The summed E-state index contributed by atoms with van der Waals surface area (Å²) >= 11 is 6.32. The van der Waals surface area contributed by atoms with Crippen molar-refractivity contribution in [3.63, 3.8) is 0 Å². The first-order valence-electron chi connectivity index (χ1n) is 12.1. The van der Waals surface area contributed by atoms with Crippen molar-refractivity contribution in [2.24, 2.45) is 11.3 Å². The molecular formula is C30H41ClO2. The highest BCUT2D eigenvalue weighted by Gasteiger charge is 2.21. The van der Waals surface area contributed by atoms with E-state index >= 15 is 0 Å². The molecule has 0 aliphatic carbocycles. The van der Waals surface area contributed by atoms with Gasteiger partial charge in [-0.05, 0) is 71.4 Å². The van der Waals surface area contributed by atoms with Gasteiger partial charge in [-0.2, -0.15) is 0 Å². The lowest BCUT2D eigenvalue weighted by Crippen LogP contribution is -2.18. The number of halogens is 1. The van der Waals surface area contributed by atoms with Crippen molar-refractivity contribution < 1.29 is 9.90 Å². The minimum atomic E-state index is -0.144. The molecule has 0 heterocycles. The summed E-state index contributed by atoms with van der Waals surface area (Å²) in [6, 6.07) is 12.3. The first-order chi connectivity index (χ1) is 15.4. The Hall–Kier alpha value is -1.90. The molecule has 0 aliphatic heterocycles. The highest BCUT2D eigenvalue weighted by Crippen LogP contribution is 2.31. The zero-order valence-corrected chi connectivity index (χ0v) is 22.1. The summed E-state index contributed by atoms with van der Waals surface area (Å²) in [5.74, 6) is 0.335. The van der Waals surface area contributed by atoms with Gasteiger partial charge in [0.25, 0.3) is 0 Å². The molecule has 0 aromatic heterocycles. The first-order valence-corrected chi connectivity index (χ1v) is 12.5. The largest absolute Gasteiger partial charge is 0.396 e. The highest BCUT2D eigenvalue weighted by molar-refractivity contribution is 6.31. The fraction of sp³-hybridized carbons (Fsp3) is 0.500. The molecule has 0 unspecified atom stereocenters. The molecule has 1 atom stereocenters. The minimum absolute atomic E-state index is 0.0115. The number of benzene rings is 2. The normalized spacial score (nSPS) is 12.8. The molecule has 180 valence electrons. The van der Waals surface area contributed by atoms with Crippen molar-refractivity contribution >= 4 is 17.4 Å². The molecule has 1 N–H and O–H groups in total. The smallest absolute Gasteiger partial charge is 0.141 e. The molecular weight excluding hydrogens is 428 g/mol. The molecule has 3 heteroatoms. The van der Waals surface area contributed by atoms with Gasteiger partial charge in [-0.25, -0.2) is 0 Å². The van der Waals surface area contributed by atoms with Crippen molar-refractivity contribution in [1.82, 2.24) is 0 Å². The maximum atomic E-state index is 12.9. The highest BCUT2D eigenvalue weighted by atomic mass is 35.5. The fourth-order valence-electron chi connectivity index (χ4n) is 4.32. The second-order valence-electron chi connectivity index (χ2n) is 10.9. The summed E-state index contributed by atoms with van der Waals surface area (Å²) < 4.78 is 0. The number of ketones is 1. The molecule has 2 nitrogen and oxygen atoms in total. The Morgan fingerprint density at radius 1 is 1.09 bits per heavy atom. The van der Waals surface area contributed by atoms with Gasteiger partial charge in [0.05, 0.1) is 0 Å². The molecule has 33 heavy (non-hydrogen) atoms. The van der Waals surface area contributed by atoms with Crippen LogP contribution in [0.15, 0.2) is 48.6 Å². The minimum Gasteiger partial charge on any atom is -0.396 e. The van der Waals surface area contributed by atoms with E-state index < -0.39 is 0 Å². The SMILES string of the molecule is C=C(CC(=O)Cc1c(C)cccc1Cl)[C@@H](CO)Cc1c(CCC(C)(C)C)cccc1C(C)C. The first kappa shape index (κ1) is 27.3. The number of aliphatic hydroxyl groups excluding tert-OH is 1. The zero-order valence-electron chi connectivity index (χ0n) is 21.3. The number of rotatable bonds is 11. The van der Waals surface area contributed by atoms with Crippen molar-refractivity contribution in [3.05, 3.63) is 81.4 Å². The Morgan fingerprint density at radius 2 is 1.76 bits per heavy atom. The Bertz CT molecular complexity index is 945. The second-order valence-corrected chi connectivity index (χ2v) is 11.3. The maximum Gasteiger partial charge on any atom is 0.141 e. The van der Waals surface area contributed by atoms with E-state index in [0.29, 0.717) is 23.8 Å². The van der Waals surface area contributed by atoms with E-state index in [1.807, 2.05) is 25.1 Å². The van der Waals surface area contributed by atoms with Crippen LogP contribution in [0.2, 0.25) is 5.02 Å². The van der Waals surface area contributed by atoms with Crippen LogP contribution in [0.1, 0.15) is 81.2 Å². The number of carbonyl (C=O) groups is 1. The van der Waals surface area contributed by atoms with Crippen molar-refractivity contribution in [3.8, 4) is 0 Å². The van der Waals surface area contributed by atoms with Gasteiger partial charge in [0, 0.05) is 30.4 Å². The van der Waals surface area contributed by atoms with Crippen molar-refractivity contribution in [2.75, 3.05) is 6.61 Å². The second kappa shape index (κ2) is 12.0. The van der Waals surface area contributed by atoms with Gasteiger partial charge < -0.3 is 5.11 Å². The summed E-state index contributed by atoms with van der Waals surface area (Å²) in [4.78, 5) is 12.9. The molecule has 0 amide bonds. The van der Waals surface area contributed by atoms with Crippen LogP contribution in [0.25, 0.3) is 0 Å². The maximum absolute atomic E-state index is 12.9. The summed E-state index contributed by atoms with van der Waals surface area (Å²) in [6.45, 7) is 17.4. The van der Waals surface area contributed by atoms with Crippen LogP contribution in [0.5, 0.6) is 0 Å². The standard InChI is InChI=1S/C30H41ClO2/c1-20(2)26-12-9-11-23(14-15-30(5,6)7)28(26)17-24(19-32)22(4)16-25(33)18-27-21(3)10-8-13-29(27)31/h8-13,20,24,32H,4,14-19H2,1-3,5-7H3/t24-/m1/s1. The molecule has 0 fully saturated rings. The van der Waals surface area contributed by atoms with Crippen LogP contribution >= 0.6 is 11.6 Å². The molecule has 0 bridgehead atoms. The Kier molecular flexibility index (Phi) is 9.94. The third-order valence-electron chi connectivity index (χ3n) is 6.48. The summed E-state index contributed by atoms with van der Waals surface area (Å²) in [6.07, 6.45) is 3.37. The number of Topliss-reactive ketones (excluding diaryl/α,β-unsaturated/α-hetero) is 1. The van der Waals surface area contributed by atoms with Gasteiger partial charge in [-0.15, -0.1) is 0 Å². The Morgan fingerprint density at radius 3 is 2.33 bits per heavy atom. The lowest BCUT2D eigenvalue weighted by molar-refractivity contribution is -0.117. The monoisotopic (exact) mass is 468 g/mol. The van der Waals surface area contributed by atoms with E-state index in [0.717, 1.165) is 29.5 Å². The summed E-state index contributed by atoms with van der Waals surface area (Å²) in [5, 5.41) is 10.9. The zero-order chi connectivity index (χ0) is 24.8. The van der Waals surface area contributed by atoms with E-state index in [9.17, 15) is 9.90 Å². The predicted molar refractivity (Wildman–Crippen MR) is 141 cm³/mol. The van der Waals surface area contributed by atoms with E-state index in [4.69, 9.17) is 11.6 Å². The molecule has 0 radical (unpaired) electrons. The molecule has 2 rings (SSSR count).